The zero-order chi connectivity index (χ0) is 20.4. The highest BCUT2D eigenvalue weighted by Crippen LogP contribution is 2.40. The summed E-state index contributed by atoms with van der Waals surface area (Å²) in [6.07, 6.45) is 5.65. The molecule has 4 rings (SSSR count). The summed E-state index contributed by atoms with van der Waals surface area (Å²) in [5, 5.41) is 0. The standard InChI is InChI=1S/C23H30N2O4/c1-17(26)18-4-2-5-19(14-18)22(28)24-11-9-23(10-12-24)8-7-21(27)25(16-23)15-20-6-3-13-29-20/h2,4-5,14,20H,3,6-13,15-16H2,1H3. The predicted molar refractivity (Wildman–Crippen MR) is 109 cm³/mol. The van der Waals surface area contributed by atoms with Crippen molar-refractivity contribution in [2.45, 2.75) is 51.6 Å². The van der Waals surface area contributed by atoms with Gasteiger partial charge in [0, 0.05) is 50.3 Å². The number of carbonyl (C=O) groups excluding carboxylic acids is 3. The Morgan fingerprint density at radius 1 is 1.17 bits per heavy atom. The molecule has 0 aliphatic carbocycles. The van der Waals surface area contributed by atoms with E-state index in [0.717, 1.165) is 45.3 Å². The maximum absolute atomic E-state index is 12.9. The quantitative estimate of drug-likeness (QED) is 0.732. The molecule has 6 heteroatoms. The number of carbonyl (C=O) groups is 3. The Labute approximate surface area is 172 Å². The van der Waals surface area contributed by atoms with Crippen LogP contribution >= 0.6 is 0 Å². The molecule has 1 unspecified atom stereocenters. The number of benzene rings is 1. The highest BCUT2D eigenvalue weighted by atomic mass is 16.5. The lowest BCUT2D eigenvalue weighted by atomic mass is 9.72. The fourth-order valence-electron chi connectivity index (χ4n) is 4.95. The highest BCUT2D eigenvalue weighted by molar-refractivity contribution is 5.99. The lowest BCUT2D eigenvalue weighted by Gasteiger charge is -2.47. The molecule has 1 aromatic carbocycles. The molecule has 0 saturated carbocycles. The van der Waals surface area contributed by atoms with Gasteiger partial charge in [0.05, 0.1) is 6.10 Å². The van der Waals surface area contributed by atoms with Gasteiger partial charge >= 0.3 is 0 Å². The summed E-state index contributed by atoms with van der Waals surface area (Å²) in [5.41, 5.74) is 1.26. The molecule has 1 spiro atoms. The van der Waals surface area contributed by atoms with Gasteiger partial charge in [-0.2, -0.15) is 0 Å². The Kier molecular flexibility index (Phi) is 5.72. The van der Waals surface area contributed by atoms with Gasteiger partial charge in [0.25, 0.3) is 5.91 Å². The largest absolute Gasteiger partial charge is 0.376 e. The van der Waals surface area contributed by atoms with Gasteiger partial charge in [0.2, 0.25) is 5.91 Å². The number of hydrogen-bond donors (Lipinski definition) is 0. The third kappa shape index (κ3) is 4.37. The first-order valence-corrected chi connectivity index (χ1v) is 10.8. The normalized spacial score (nSPS) is 24.2. The minimum absolute atomic E-state index is 0.00829. The van der Waals surface area contributed by atoms with Gasteiger partial charge in [-0.3, -0.25) is 14.4 Å². The van der Waals surface area contributed by atoms with Gasteiger partial charge in [0.1, 0.15) is 0 Å². The summed E-state index contributed by atoms with van der Waals surface area (Å²) in [6, 6.07) is 6.98. The van der Waals surface area contributed by atoms with Crippen molar-refractivity contribution in [2.24, 2.45) is 5.41 Å². The Hall–Kier alpha value is -2.21. The number of rotatable bonds is 4. The second-order valence-corrected chi connectivity index (χ2v) is 8.84. The Morgan fingerprint density at radius 2 is 1.93 bits per heavy atom. The van der Waals surface area contributed by atoms with E-state index < -0.39 is 0 Å². The molecule has 0 bridgehead atoms. The minimum Gasteiger partial charge on any atom is -0.376 e. The summed E-state index contributed by atoms with van der Waals surface area (Å²) >= 11 is 0. The van der Waals surface area contributed by atoms with Crippen LogP contribution in [0, 0.1) is 5.41 Å². The van der Waals surface area contributed by atoms with Crippen molar-refractivity contribution in [3.8, 4) is 0 Å². The topological polar surface area (TPSA) is 66.9 Å². The van der Waals surface area contributed by atoms with Crippen LogP contribution in [-0.4, -0.2) is 66.3 Å². The van der Waals surface area contributed by atoms with Crippen LogP contribution in [0.25, 0.3) is 0 Å². The van der Waals surface area contributed by atoms with Gasteiger partial charge in [-0.05, 0) is 56.6 Å². The van der Waals surface area contributed by atoms with E-state index in [1.807, 2.05) is 9.80 Å². The first-order chi connectivity index (χ1) is 14.0. The smallest absolute Gasteiger partial charge is 0.253 e. The number of Topliss-reactive ketones (excluding diaryl/α,β-unsaturated/α-hetero) is 1. The van der Waals surface area contributed by atoms with Crippen LogP contribution in [0.1, 0.15) is 66.2 Å². The lowest BCUT2D eigenvalue weighted by molar-refractivity contribution is -0.141. The molecule has 3 aliphatic rings. The van der Waals surface area contributed by atoms with E-state index in [9.17, 15) is 14.4 Å². The summed E-state index contributed by atoms with van der Waals surface area (Å²) in [4.78, 5) is 40.9. The zero-order valence-corrected chi connectivity index (χ0v) is 17.2. The molecule has 0 N–H and O–H groups in total. The molecule has 3 heterocycles. The SMILES string of the molecule is CC(=O)c1cccc(C(=O)N2CCC3(CCC(=O)N(CC4CCCO4)C3)CC2)c1. The van der Waals surface area contributed by atoms with Crippen molar-refractivity contribution in [1.82, 2.24) is 9.80 Å². The van der Waals surface area contributed by atoms with E-state index in [-0.39, 0.29) is 29.1 Å². The summed E-state index contributed by atoms with van der Waals surface area (Å²) in [7, 11) is 0. The van der Waals surface area contributed by atoms with Crippen molar-refractivity contribution < 1.29 is 19.1 Å². The van der Waals surface area contributed by atoms with Gasteiger partial charge in [-0.25, -0.2) is 0 Å². The fourth-order valence-corrected chi connectivity index (χ4v) is 4.95. The van der Waals surface area contributed by atoms with E-state index in [1.54, 1.807) is 24.3 Å². The van der Waals surface area contributed by atoms with Crippen LogP contribution in [0.15, 0.2) is 24.3 Å². The van der Waals surface area contributed by atoms with E-state index >= 15 is 0 Å². The van der Waals surface area contributed by atoms with Gasteiger partial charge in [-0.1, -0.05) is 12.1 Å². The zero-order valence-electron chi connectivity index (χ0n) is 17.2. The van der Waals surface area contributed by atoms with Crippen LogP contribution in [-0.2, 0) is 9.53 Å². The van der Waals surface area contributed by atoms with E-state index in [4.69, 9.17) is 4.74 Å². The number of nitrogens with zero attached hydrogens (tertiary/aromatic N) is 2. The molecule has 0 radical (unpaired) electrons. The van der Waals surface area contributed by atoms with Crippen LogP contribution < -0.4 is 0 Å². The molecule has 1 aromatic rings. The van der Waals surface area contributed by atoms with Crippen LogP contribution in [0.3, 0.4) is 0 Å². The third-order valence-corrected chi connectivity index (χ3v) is 6.82. The third-order valence-electron chi connectivity index (χ3n) is 6.82. The molecule has 156 valence electrons. The molecular weight excluding hydrogens is 368 g/mol. The van der Waals surface area contributed by atoms with Crippen molar-refractivity contribution in [1.29, 1.82) is 0 Å². The maximum atomic E-state index is 12.9. The molecular formula is C23H30N2O4. The monoisotopic (exact) mass is 398 g/mol. The average Bonchev–Trinajstić information content (AvgIpc) is 3.24. The van der Waals surface area contributed by atoms with Crippen molar-refractivity contribution in [3.05, 3.63) is 35.4 Å². The van der Waals surface area contributed by atoms with E-state index in [0.29, 0.717) is 37.2 Å². The van der Waals surface area contributed by atoms with Crippen molar-refractivity contribution >= 4 is 17.6 Å². The Bertz CT molecular complexity index is 792. The number of ketones is 1. The number of likely N-dealkylation sites (tertiary alicyclic amines) is 2. The summed E-state index contributed by atoms with van der Waals surface area (Å²) in [5.74, 6) is 0.201. The second kappa shape index (κ2) is 8.27. The number of hydrogen-bond acceptors (Lipinski definition) is 4. The number of amides is 2. The molecule has 29 heavy (non-hydrogen) atoms. The first kappa shape index (κ1) is 20.1. The molecule has 1 atom stereocenters. The molecule has 3 aliphatic heterocycles. The van der Waals surface area contributed by atoms with Crippen molar-refractivity contribution in [2.75, 3.05) is 32.8 Å². The van der Waals surface area contributed by atoms with Crippen LogP contribution in [0.4, 0.5) is 0 Å². The fraction of sp³-hybridized carbons (Fsp3) is 0.609. The predicted octanol–water partition coefficient (Wildman–Crippen LogP) is 2.91. The molecule has 3 fully saturated rings. The molecule has 0 aromatic heterocycles. The van der Waals surface area contributed by atoms with E-state index in [2.05, 4.69) is 0 Å². The first-order valence-electron chi connectivity index (χ1n) is 10.8. The molecule has 6 nitrogen and oxygen atoms in total. The number of piperidine rings is 2. The number of ether oxygens (including phenoxy) is 1. The Balaban J connectivity index is 1.38. The van der Waals surface area contributed by atoms with Gasteiger partial charge in [0.15, 0.2) is 5.78 Å². The maximum Gasteiger partial charge on any atom is 0.253 e. The van der Waals surface area contributed by atoms with Crippen LogP contribution in [0.5, 0.6) is 0 Å². The summed E-state index contributed by atoms with van der Waals surface area (Å²) in [6.45, 7) is 5.21. The molecule has 3 saturated heterocycles. The average molecular weight is 399 g/mol. The second-order valence-electron chi connectivity index (χ2n) is 8.84. The molecule has 2 amide bonds. The van der Waals surface area contributed by atoms with E-state index in [1.165, 1.54) is 6.92 Å². The van der Waals surface area contributed by atoms with Gasteiger partial charge in [-0.15, -0.1) is 0 Å². The summed E-state index contributed by atoms with van der Waals surface area (Å²) < 4.78 is 5.73. The Morgan fingerprint density at radius 3 is 2.62 bits per heavy atom. The minimum atomic E-state index is -0.0320. The van der Waals surface area contributed by atoms with Gasteiger partial charge < -0.3 is 14.5 Å². The highest BCUT2D eigenvalue weighted by Gasteiger charge is 2.42. The lowest BCUT2D eigenvalue weighted by Crippen LogP contribution is -2.53. The van der Waals surface area contributed by atoms with Crippen molar-refractivity contribution in [3.63, 3.8) is 0 Å². The van der Waals surface area contributed by atoms with Crippen LogP contribution in [0.2, 0.25) is 0 Å².